The Morgan fingerprint density at radius 1 is 1.32 bits per heavy atom. The van der Waals surface area contributed by atoms with Crippen molar-refractivity contribution in [2.75, 3.05) is 13.1 Å². The van der Waals surface area contributed by atoms with E-state index in [1.165, 1.54) is 6.07 Å². The molecule has 116 valence electrons. The molecule has 0 radical (unpaired) electrons. The highest BCUT2D eigenvalue weighted by Gasteiger charge is 2.18. The predicted octanol–water partition coefficient (Wildman–Crippen LogP) is 2.10. The van der Waals surface area contributed by atoms with E-state index in [1.54, 1.807) is 23.1 Å². The van der Waals surface area contributed by atoms with Crippen molar-refractivity contribution in [2.45, 2.75) is 25.8 Å². The Morgan fingerprint density at radius 3 is 2.86 bits per heavy atom. The van der Waals surface area contributed by atoms with Crippen molar-refractivity contribution < 1.29 is 13.7 Å². The minimum atomic E-state index is -0.295. The lowest BCUT2D eigenvalue weighted by molar-refractivity contribution is 0.206. The number of rotatable bonds is 4. The van der Waals surface area contributed by atoms with Crippen LogP contribution in [-0.2, 0) is 13.0 Å². The summed E-state index contributed by atoms with van der Waals surface area (Å²) in [5, 5.41) is 6.56. The minimum Gasteiger partial charge on any atom is -0.337 e. The highest BCUT2D eigenvalue weighted by Crippen LogP contribution is 2.11. The van der Waals surface area contributed by atoms with Crippen molar-refractivity contribution in [3.63, 3.8) is 0 Å². The lowest BCUT2D eigenvalue weighted by atomic mass is 10.1. The second kappa shape index (κ2) is 6.55. The van der Waals surface area contributed by atoms with Gasteiger partial charge in [0, 0.05) is 19.5 Å². The van der Waals surface area contributed by atoms with Crippen LogP contribution in [0.15, 0.2) is 28.8 Å². The van der Waals surface area contributed by atoms with Gasteiger partial charge < -0.3 is 14.7 Å². The SMILES string of the molecule is O=C(NCc1nc(Cc2ccccc2F)no1)N1CCCC1. The van der Waals surface area contributed by atoms with Gasteiger partial charge in [-0.05, 0) is 24.5 Å². The number of nitrogens with one attached hydrogen (secondary N) is 1. The fourth-order valence-electron chi connectivity index (χ4n) is 2.43. The molecule has 1 aliphatic heterocycles. The van der Waals surface area contributed by atoms with Gasteiger partial charge in [0.2, 0.25) is 5.89 Å². The summed E-state index contributed by atoms with van der Waals surface area (Å²) in [6, 6.07) is 6.35. The number of aromatic nitrogens is 2. The Bertz CT molecular complexity index is 652. The average molecular weight is 304 g/mol. The van der Waals surface area contributed by atoms with Crippen LogP contribution in [0.2, 0.25) is 0 Å². The number of amides is 2. The number of hydrogen-bond acceptors (Lipinski definition) is 4. The Kier molecular flexibility index (Phi) is 4.32. The molecule has 2 amide bonds. The fourth-order valence-corrected chi connectivity index (χ4v) is 2.43. The summed E-state index contributed by atoms with van der Waals surface area (Å²) in [5.41, 5.74) is 0.510. The molecule has 1 aromatic carbocycles. The zero-order valence-electron chi connectivity index (χ0n) is 12.1. The van der Waals surface area contributed by atoms with E-state index in [4.69, 9.17) is 4.52 Å². The summed E-state index contributed by atoms with van der Waals surface area (Å²) < 4.78 is 18.6. The first-order valence-electron chi connectivity index (χ1n) is 7.30. The van der Waals surface area contributed by atoms with Gasteiger partial charge in [0.05, 0.1) is 6.54 Å². The molecular weight excluding hydrogens is 287 g/mol. The maximum Gasteiger partial charge on any atom is 0.317 e. The molecule has 0 spiro atoms. The lowest BCUT2D eigenvalue weighted by Gasteiger charge is -2.14. The molecule has 1 aliphatic rings. The van der Waals surface area contributed by atoms with Crippen LogP contribution >= 0.6 is 0 Å². The van der Waals surface area contributed by atoms with E-state index in [1.807, 2.05) is 0 Å². The number of halogens is 1. The average Bonchev–Trinajstić information content (AvgIpc) is 3.19. The van der Waals surface area contributed by atoms with Crippen LogP contribution < -0.4 is 5.32 Å². The Hall–Kier alpha value is -2.44. The molecule has 0 atom stereocenters. The van der Waals surface area contributed by atoms with E-state index < -0.39 is 0 Å². The van der Waals surface area contributed by atoms with E-state index in [2.05, 4.69) is 15.5 Å². The maximum atomic E-state index is 13.6. The molecule has 1 N–H and O–H groups in total. The third-order valence-corrected chi connectivity index (χ3v) is 3.60. The third kappa shape index (κ3) is 3.41. The molecular formula is C15H17FN4O2. The molecule has 0 aliphatic carbocycles. The van der Waals surface area contributed by atoms with Crippen molar-refractivity contribution in [2.24, 2.45) is 0 Å². The minimum absolute atomic E-state index is 0.119. The molecule has 1 fully saturated rings. The number of carbonyl (C=O) groups is 1. The molecule has 1 saturated heterocycles. The van der Waals surface area contributed by atoms with Crippen LogP contribution in [0.1, 0.15) is 30.1 Å². The van der Waals surface area contributed by atoms with Crippen molar-refractivity contribution in [3.05, 3.63) is 47.4 Å². The number of benzene rings is 1. The van der Waals surface area contributed by atoms with Crippen LogP contribution in [0.5, 0.6) is 0 Å². The van der Waals surface area contributed by atoms with Gasteiger partial charge in [-0.2, -0.15) is 4.98 Å². The van der Waals surface area contributed by atoms with Gasteiger partial charge >= 0.3 is 6.03 Å². The molecule has 0 unspecified atom stereocenters. The number of hydrogen-bond donors (Lipinski definition) is 1. The molecule has 2 aromatic rings. The van der Waals surface area contributed by atoms with Gasteiger partial charge in [0.25, 0.3) is 0 Å². The summed E-state index contributed by atoms with van der Waals surface area (Å²) in [6.45, 7) is 1.75. The zero-order valence-corrected chi connectivity index (χ0v) is 12.1. The fraction of sp³-hybridized carbons (Fsp3) is 0.400. The van der Waals surface area contributed by atoms with Crippen molar-refractivity contribution in [1.29, 1.82) is 0 Å². The topological polar surface area (TPSA) is 71.3 Å². The van der Waals surface area contributed by atoms with E-state index >= 15 is 0 Å². The number of urea groups is 1. The smallest absolute Gasteiger partial charge is 0.317 e. The van der Waals surface area contributed by atoms with E-state index in [9.17, 15) is 9.18 Å². The number of carbonyl (C=O) groups excluding carboxylic acids is 1. The molecule has 1 aromatic heterocycles. The van der Waals surface area contributed by atoms with E-state index in [-0.39, 0.29) is 24.8 Å². The molecule has 2 heterocycles. The standard InChI is InChI=1S/C15H17FN4O2/c16-12-6-2-1-5-11(12)9-13-18-14(22-19-13)10-17-15(21)20-7-3-4-8-20/h1-2,5-6H,3-4,7-10H2,(H,17,21). The lowest BCUT2D eigenvalue weighted by Crippen LogP contribution is -2.37. The van der Waals surface area contributed by atoms with Gasteiger partial charge in [-0.25, -0.2) is 9.18 Å². The van der Waals surface area contributed by atoms with Crippen molar-refractivity contribution in [3.8, 4) is 0 Å². The maximum absolute atomic E-state index is 13.6. The van der Waals surface area contributed by atoms with Gasteiger partial charge in [-0.1, -0.05) is 23.4 Å². The third-order valence-electron chi connectivity index (χ3n) is 3.60. The summed E-state index contributed by atoms with van der Waals surface area (Å²) in [6.07, 6.45) is 2.35. The van der Waals surface area contributed by atoms with Crippen LogP contribution in [-0.4, -0.2) is 34.2 Å². The molecule has 3 rings (SSSR count). The highest BCUT2D eigenvalue weighted by molar-refractivity contribution is 5.74. The van der Waals surface area contributed by atoms with Crippen LogP contribution in [0.25, 0.3) is 0 Å². The number of nitrogens with zero attached hydrogens (tertiary/aromatic N) is 3. The van der Waals surface area contributed by atoms with E-state index in [0.29, 0.717) is 17.3 Å². The van der Waals surface area contributed by atoms with Gasteiger partial charge in [0.1, 0.15) is 5.82 Å². The van der Waals surface area contributed by atoms with Gasteiger partial charge in [-0.15, -0.1) is 0 Å². The first kappa shape index (κ1) is 14.5. The van der Waals surface area contributed by atoms with Crippen molar-refractivity contribution in [1.82, 2.24) is 20.4 Å². The monoisotopic (exact) mass is 304 g/mol. The predicted molar refractivity (Wildman–Crippen MR) is 76.5 cm³/mol. The summed E-state index contributed by atoms with van der Waals surface area (Å²) in [5.74, 6) is 0.422. The molecule has 6 nitrogen and oxygen atoms in total. The van der Waals surface area contributed by atoms with Crippen LogP contribution in [0, 0.1) is 5.82 Å². The molecule has 0 bridgehead atoms. The second-order valence-corrected chi connectivity index (χ2v) is 5.23. The van der Waals surface area contributed by atoms with Gasteiger partial charge in [0.15, 0.2) is 5.82 Å². The summed E-state index contributed by atoms with van der Waals surface area (Å²) >= 11 is 0. The largest absolute Gasteiger partial charge is 0.337 e. The molecule has 7 heteroatoms. The Labute approximate surface area is 127 Å². The highest BCUT2D eigenvalue weighted by atomic mass is 19.1. The summed E-state index contributed by atoms with van der Waals surface area (Å²) in [4.78, 5) is 17.8. The molecule has 22 heavy (non-hydrogen) atoms. The summed E-state index contributed by atoms with van der Waals surface area (Å²) in [7, 11) is 0. The van der Waals surface area contributed by atoms with Crippen LogP contribution in [0.3, 0.4) is 0 Å². The first-order valence-corrected chi connectivity index (χ1v) is 7.30. The quantitative estimate of drug-likeness (QED) is 0.939. The second-order valence-electron chi connectivity index (χ2n) is 5.23. The zero-order chi connectivity index (χ0) is 15.4. The Morgan fingerprint density at radius 2 is 2.09 bits per heavy atom. The first-order chi connectivity index (χ1) is 10.7. The number of likely N-dealkylation sites (tertiary alicyclic amines) is 1. The van der Waals surface area contributed by atoms with Crippen LogP contribution in [0.4, 0.5) is 9.18 Å². The normalized spacial score (nSPS) is 14.3. The van der Waals surface area contributed by atoms with E-state index in [0.717, 1.165) is 25.9 Å². The Balaban J connectivity index is 1.55. The van der Waals surface area contributed by atoms with Crippen molar-refractivity contribution >= 4 is 6.03 Å². The van der Waals surface area contributed by atoms with Gasteiger partial charge in [-0.3, -0.25) is 0 Å². The molecule has 0 saturated carbocycles.